The lowest BCUT2D eigenvalue weighted by Crippen LogP contribution is -2.10. The molecule has 0 saturated heterocycles. The summed E-state index contributed by atoms with van der Waals surface area (Å²) in [5.74, 6) is -0.107. The molecule has 0 bridgehead atoms. The van der Waals surface area contributed by atoms with E-state index in [9.17, 15) is 4.79 Å². The molecular weight excluding hydrogens is 336 g/mol. The van der Waals surface area contributed by atoms with E-state index >= 15 is 0 Å². The molecule has 0 fully saturated rings. The Bertz CT molecular complexity index is 995. The number of carbonyl (C=O) groups is 1. The summed E-state index contributed by atoms with van der Waals surface area (Å²) in [6.45, 7) is 2.60. The van der Waals surface area contributed by atoms with Crippen LogP contribution in [-0.4, -0.2) is 30.5 Å². The number of benzene rings is 1. The van der Waals surface area contributed by atoms with Crippen LogP contribution in [0.15, 0.2) is 43.0 Å². The Kier molecular flexibility index (Phi) is 3.81. The Morgan fingerprint density at radius 1 is 1.28 bits per heavy atom. The summed E-state index contributed by atoms with van der Waals surface area (Å²) in [6.07, 6.45) is 3.19. The summed E-state index contributed by atoms with van der Waals surface area (Å²) < 4.78 is 3.56. The Morgan fingerprint density at radius 3 is 2.76 bits per heavy atom. The number of amides is 1. The van der Waals surface area contributed by atoms with Gasteiger partial charge in [0.1, 0.15) is 17.5 Å². The second kappa shape index (κ2) is 6.14. The molecule has 3 aromatic heterocycles. The van der Waals surface area contributed by atoms with Crippen molar-refractivity contribution in [2.75, 3.05) is 5.32 Å². The number of hydrogen-bond acceptors (Lipinski definition) is 5. The minimum Gasteiger partial charge on any atom is -0.321 e. The molecule has 7 nitrogen and oxygen atoms in total. The van der Waals surface area contributed by atoms with Crippen molar-refractivity contribution in [3.63, 3.8) is 0 Å². The summed E-state index contributed by atoms with van der Waals surface area (Å²) in [6, 6.07) is 9.62. The van der Waals surface area contributed by atoms with E-state index in [1.165, 1.54) is 17.7 Å². The number of fused-ring (bicyclic) bond motifs is 1. The number of nitrogens with zero attached hydrogens (tertiary/aromatic N) is 5. The lowest BCUT2D eigenvalue weighted by molar-refractivity contribution is 0.103. The molecule has 1 amide bonds. The number of rotatable bonds is 4. The van der Waals surface area contributed by atoms with Gasteiger partial charge in [-0.25, -0.2) is 9.67 Å². The first-order valence-corrected chi connectivity index (χ1v) is 8.57. The smallest absolute Gasteiger partial charge is 0.265 e. The third-order valence-electron chi connectivity index (χ3n) is 3.94. The molecule has 3 heterocycles. The number of carbonyl (C=O) groups excluding carboxylic acids is 1. The monoisotopic (exact) mass is 352 g/mol. The van der Waals surface area contributed by atoms with Crippen LogP contribution in [0.2, 0.25) is 0 Å². The summed E-state index contributed by atoms with van der Waals surface area (Å²) in [5.41, 5.74) is 2.79. The van der Waals surface area contributed by atoms with Gasteiger partial charge in [-0.15, -0.1) is 11.3 Å². The second-order valence-corrected chi connectivity index (χ2v) is 6.81. The highest BCUT2D eigenvalue weighted by Gasteiger charge is 2.15. The van der Waals surface area contributed by atoms with Crippen LogP contribution in [0, 0.1) is 6.92 Å². The lowest BCUT2D eigenvalue weighted by atomic mass is 10.2. The highest BCUT2D eigenvalue weighted by molar-refractivity contribution is 7.20. The maximum Gasteiger partial charge on any atom is 0.265 e. The molecule has 0 spiro atoms. The second-order valence-electron chi connectivity index (χ2n) is 5.78. The Labute approximate surface area is 147 Å². The van der Waals surface area contributed by atoms with E-state index in [4.69, 9.17) is 0 Å². The van der Waals surface area contributed by atoms with E-state index in [0.29, 0.717) is 11.4 Å². The molecule has 4 aromatic rings. The Morgan fingerprint density at radius 2 is 2.08 bits per heavy atom. The maximum absolute atomic E-state index is 12.5. The maximum atomic E-state index is 12.5. The van der Waals surface area contributed by atoms with Crippen molar-refractivity contribution in [2.45, 2.75) is 13.5 Å². The van der Waals surface area contributed by atoms with Gasteiger partial charge in [-0.2, -0.15) is 10.2 Å². The zero-order valence-corrected chi connectivity index (χ0v) is 14.6. The van der Waals surface area contributed by atoms with E-state index in [1.807, 2.05) is 49.0 Å². The fourth-order valence-electron chi connectivity index (χ4n) is 2.70. The van der Waals surface area contributed by atoms with Gasteiger partial charge in [-0.3, -0.25) is 9.48 Å². The summed E-state index contributed by atoms with van der Waals surface area (Å²) in [5, 5.41) is 12.4. The van der Waals surface area contributed by atoms with Gasteiger partial charge in [-0.1, -0.05) is 12.1 Å². The van der Waals surface area contributed by atoms with Crippen LogP contribution in [0.25, 0.3) is 10.2 Å². The third kappa shape index (κ3) is 3.03. The molecule has 0 aliphatic rings. The zero-order chi connectivity index (χ0) is 17.4. The summed E-state index contributed by atoms with van der Waals surface area (Å²) >= 11 is 1.45. The molecule has 0 aliphatic heterocycles. The average Bonchev–Trinajstić information content (AvgIpc) is 3.30. The van der Waals surface area contributed by atoms with Crippen LogP contribution in [0.5, 0.6) is 0 Å². The van der Waals surface area contributed by atoms with Crippen LogP contribution in [0.1, 0.15) is 20.9 Å². The number of aryl methyl sites for hydroxylation is 2. The first-order chi connectivity index (χ1) is 12.1. The van der Waals surface area contributed by atoms with Gasteiger partial charge in [0.15, 0.2) is 0 Å². The van der Waals surface area contributed by atoms with E-state index in [0.717, 1.165) is 27.2 Å². The number of nitrogens with one attached hydrogen (secondary N) is 1. The van der Waals surface area contributed by atoms with Gasteiger partial charge in [0.25, 0.3) is 5.91 Å². The van der Waals surface area contributed by atoms with Crippen LogP contribution < -0.4 is 5.32 Å². The van der Waals surface area contributed by atoms with Crippen molar-refractivity contribution >= 4 is 33.1 Å². The van der Waals surface area contributed by atoms with Gasteiger partial charge in [0.2, 0.25) is 0 Å². The number of hydrogen-bond donors (Lipinski definition) is 1. The highest BCUT2D eigenvalue weighted by atomic mass is 32.1. The highest BCUT2D eigenvalue weighted by Crippen LogP contribution is 2.28. The normalized spacial score (nSPS) is 11.1. The standard InChI is InChI=1S/C17H16N6OS/c1-11-14-7-15(25-17(14)22(2)21-11)16(24)20-13-5-3-12(4-6-13)8-23-10-18-9-19-23/h3-7,9-10H,8H2,1-2H3,(H,20,24). The van der Waals surface area contributed by atoms with E-state index in [1.54, 1.807) is 11.0 Å². The average molecular weight is 352 g/mol. The number of thiophene rings is 1. The van der Waals surface area contributed by atoms with E-state index < -0.39 is 0 Å². The Balaban J connectivity index is 1.48. The van der Waals surface area contributed by atoms with E-state index in [-0.39, 0.29) is 5.91 Å². The summed E-state index contributed by atoms with van der Waals surface area (Å²) in [4.78, 5) is 18.1. The van der Waals surface area contributed by atoms with Gasteiger partial charge in [0, 0.05) is 18.1 Å². The molecule has 126 valence electrons. The molecule has 4 rings (SSSR count). The molecule has 1 aromatic carbocycles. The minimum absolute atomic E-state index is 0.107. The van der Waals surface area contributed by atoms with Crippen LogP contribution in [0.3, 0.4) is 0 Å². The fraction of sp³-hybridized carbons (Fsp3) is 0.176. The van der Waals surface area contributed by atoms with Crippen molar-refractivity contribution in [3.8, 4) is 0 Å². The largest absolute Gasteiger partial charge is 0.321 e. The summed E-state index contributed by atoms with van der Waals surface area (Å²) in [7, 11) is 1.89. The van der Waals surface area contributed by atoms with Crippen LogP contribution >= 0.6 is 11.3 Å². The topological polar surface area (TPSA) is 77.6 Å². The molecule has 1 N–H and O–H groups in total. The lowest BCUT2D eigenvalue weighted by Gasteiger charge is -2.05. The molecule has 0 atom stereocenters. The molecule has 0 radical (unpaired) electrons. The zero-order valence-electron chi connectivity index (χ0n) is 13.8. The first kappa shape index (κ1) is 15.5. The van der Waals surface area contributed by atoms with Crippen molar-refractivity contribution in [2.24, 2.45) is 7.05 Å². The molecule has 0 saturated carbocycles. The van der Waals surface area contributed by atoms with Gasteiger partial charge in [0.05, 0.1) is 17.1 Å². The number of anilines is 1. The Hall–Kier alpha value is -3.00. The van der Waals surface area contributed by atoms with Crippen molar-refractivity contribution in [3.05, 3.63) is 59.1 Å². The van der Waals surface area contributed by atoms with Gasteiger partial charge < -0.3 is 5.32 Å². The van der Waals surface area contributed by atoms with Crippen molar-refractivity contribution < 1.29 is 4.79 Å². The number of aromatic nitrogens is 5. The predicted molar refractivity (Wildman–Crippen MR) is 96.8 cm³/mol. The quantitative estimate of drug-likeness (QED) is 0.613. The van der Waals surface area contributed by atoms with Gasteiger partial charge in [-0.05, 0) is 30.7 Å². The van der Waals surface area contributed by atoms with E-state index in [2.05, 4.69) is 20.5 Å². The molecular formula is C17H16N6OS. The van der Waals surface area contributed by atoms with Crippen molar-refractivity contribution in [1.82, 2.24) is 24.5 Å². The minimum atomic E-state index is -0.107. The predicted octanol–water partition coefficient (Wildman–Crippen LogP) is 2.84. The third-order valence-corrected chi connectivity index (χ3v) is 5.14. The molecule has 8 heteroatoms. The van der Waals surface area contributed by atoms with Crippen molar-refractivity contribution in [1.29, 1.82) is 0 Å². The molecule has 0 unspecified atom stereocenters. The van der Waals surface area contributed by atoms with Crippen LogP contribution in [0.4, 0.5) is 5.69 Å². The van der Waals surface area contributed by atoms with Crippen LogP contribution in [-0.2, 0) is 13.6 Å². The SMILES string of the molecule is Cc1nn(C)c2sc(C(=O)Nc3ccc(Cn4cncn4)cc3)cc12. The first-order valence-electron chi connectivity index (χ1n) is 7.76. The molecule has 0 aliphatic carbocycles. The molecule has 25 heavy (non-hydrogen) atoms. The van der Waals surface area contributed by atoms with Gasteiger partial charge >= 0.3 is 0 Å². The fourth-order valence-corrected chi connectivity index (χ4v) is 3.72.